The molecule has 2 aromatic heterocycles. The van der Waals surface area contributed by atoms with E-state index in [1.54, 1.807) is 12.4 Å². The van der Waals surface area contributed by atoms with Gasteiger partial charge in [0.05, 0.1) is 18.4 Å². The van der Waals surface area contributed by atoms with Crippen LogP contribution >= 0.6 is 15.9 Å². The van der Waals surface area contributed by atoms with Crippen LogP contribution in [0.1, 0.15) is 11.3 Å². The van der Waals surface area contributed by atoms with Crippen molar-refractivity contribution in [1.29, 1.82) is 0 Å². The summed E-state index contributed by atoms with van der Waals surface area (Å²) in [6.45, 7) is 2.61. The standard InChI is InChI=1S/C16H15BrN6/c1-11-5-6-12(8-14(11)17)21-16-22-15(10-20-23-16)19-9-13-4-2-3-7-18-13/h2-8,10H,9H2,1H3,(H2,19,21,22,23). The number of nitrogens with one attached hydrogen (secondary N) is 2. The molecule has 0 saturated heterocycles. The van der Waals surface area contributed by atoms with E-state index in [0.29, 0.717) is 18.3 Å². The highest BCUT2D eigenvalue weighted by Crippen LogP contribution is 2.22. The maximum Gasteiger partial charge on any atom is 0.249 e. The molecule has 2 N–H and O–H groups in total. The Morgan fingerprint density at radius 1 is 1.17 bits per heavy atom. The average molecular weight is 371 g/mol. The molecule has 2 heterocycles. The fourth-order valence-corrected chi connectivity index (χ4v) is 2.30. The maximum absolute atomic E-state index is 4.40. The van der Waals surface area contributed by atoms with Crippen LogP contribution in [0.15, 0.2) is 53.3 Å². The normalized spacial score (nSPS) is 10.3. The number of aryl methyl sites for hydroxylation is 1. The largest absolute Gasteiger partial charge is 0.363 e. The van der Waals surface area contributed by atoms with Gasteiger partial charge in [-0.2, -0.15) is 10.1 Å². The Morgan fingerprint density at radius 2 is 2.09 bits per heavy atom. The molecule has 6 nitrogen and oxygen atoms in total. The van der Waals surface area contributed by atoms with Gasteiger partial charge in [0, 0.05) is 16.4 Å². The summed E-state index contributed by atoms with van der Waals surface area (Å²) in [7, 11) is 0. The van der Waals surface area contributed by atoms with E-state index in [1.807, 2.05) is 43.3 Å². The molecule has 0 amide bonds. The highest BCUT2D eigenvalue weighted by atomic mass is 79.9. The van der Waals surface area contributed by atoms with Crippen LogP contribution in [0.4, 0.5) is 17.5 Å². The summed E-state index contributed by atoms with van der Waals surface area (Å²) in [6.07, 6.45) is 3.34. The van der Waals surface area contributed by atoms with E-state index >= 15 is 0 Å². The number of aromatic nitrogens is 4. The second-order valence-electron chi connectivity index (χ2n) is 4.93. The molecule has 116 valence electrons. The maximum atomic E-state index is 4.40. The minimum atomic E-state index is 0.437. The van der Waals surface area contributed by atoms with Crippen LogP contribution in [0.3, 0.4) is 0 Å². The molecule has 0 aliphatic rings. The lowest BCUT2D eigenvalue weighted by atomic mass is 10.2. The van der Waals surface area contributed by atoms with Crippen molar-refractivity contribution in [3.8, 4) is 0 Å². The van der Waals surface area contributed by atoms with E-state index in [-0.39, 0.29) is 0 Å². The molecule has 0 saturated carbocycles. The fraction of sp³-hybridized carbons (Fsp3) is 0.125. The van der Waals surface area contributed by atoms with Crippen LogP contribution < -0.4 is 10.6 Å². The molecule has 3 aromatic rings. The number of benzene rings is 1. The van der Waals surface area contributed by atoms with Crippen LogP contribution in [-0.2, 0) is 6.54 Å². The van der Waals surface area contributed by atoms with Crippen LogP contribution in [-0.4, -0.2) is 20.2 Å². The van der Waals surface area contributed by atoms with Gasteiger partial charge in [-0.05, 0) is 36.8 Å². The molecule has 0 atom stereocenters. The van der Waals surface area contributed by atoms with Crippen molar-refractivity contribution >= 4 is 33.4 Å². The Hall–Kier alpha value is -2.54. The van der Waals surface area contributed by atoms with Crippen molar-refractivity contribution < 1.29 is 0 Å². The van der Waals surface area contributed by atoms with Gasteiger partial charge in [-0.25, -0.2) is 0 Å². The molecule has 0 spiro atoms. The first-order valence-corrected chi connectivity index (χ1v) is 7.87. The van der Waals surface area contributed by atoms with Crippen molar-refractivity contribution in [2.24, 2.45) is 0 Å². The third-order valence-corrected chi connectivity index (χ3v) is 4.02. The third kappa shape index (κ3) is 4.23. The molecular weight excluding hydrogens is 356 g/mol. The smallest absolute Gasteiger partial charge is 0.249 e. The predicted octanol–water partition coefficient (Wildman–Crippen LogP) is 3.69. The van der Waals surface area contributed by atoms with E-state index in [0.717, 1.165) is 15.9 Å². The summed E-state index contributed by atoms with van der Waals surface area (Å²) in [6, 6.07) is 11.7. The van der Waals surface area contributed by atoms with Crippen LogP contribution in [0.25, 0.3) is 0 Å². The molecule has 3 rings (SSSR count). The predicted molar refractivity (Wildman–Crippen MR) is 93.6 cm³/mol. The molecule has 1 aromatic carbocycles. The lowest BCUT2D eigenvalue weighted by Gasteiger charge is -2.08. The molecule has 23 heavy (non-hydrogen) atoms. The van der Waals surface area contributed by atoms with E-state index < -0.39 is 0 Å². The number of pyridine rings is 1. The van der Waals surface area contributed by atoms with Gasteiger partial charge in [-0.15, -0.1) is 5.10 Å². The van der Waals surface area contributed by atoms with E-state index in [4.69, 9.17) is 0 Å². The van der Waals surface area contributed by atoms with Crippen LogP contribution in [0, 0.1) is 6.92 Å². The first-order valence-electron chi connectivity index (χ1n) is 7.07. The summed E-state index contributed by atoms with van der Waals surface area (Å²) in [5.41, 5.74) is 3.00. The third-order valence-electron chi connectivity index (χ3n) is 3.16. The van der Waals surface area contributed by atoms with Crippen molar-refractivity contribution in [2.75, 3.05) is 10.6 Å². The average Bonchev–Trinajstić information content (AvgIpc) is 2.58. The van der Waals surface area contributed by atoms with Gasteiger partial charge < -0.3 is 10.6 Å². The second kappa shape index (κ2) is 7.15. The Morgan fingerprint density at radius 3 is 2.87 bits per heavy atom. The highest BCUT2D eigenvalue weighted by molar-refractivity contribution is 9.10. The molecule has 0 unspecified atom stereocenters. The first-order chi connectivity index (χ1) is 11.2. The van der Waals surface area contributed by atoms with Gasteiger partial charge in [0.1, 0.15) is 0 Å². The zero-order chi connectivity index (χ0) is 16.1. The Balaban J connectivity index is 1.68. The van der Waals surface area contributed by atoms with Gasteiger partial charge in [-0.1, -0.05) is 28.1 Å². The molecule has 7 heteroatoms. The number of hydrogen-bond acceptors (Lipinski definition) is 6. The zero-order valence-corrected chi connectivity index (χ0v) is 14.1. The Bertz CT molecular complexity index is 794. The van der Waals surface area contributed by atoms with E-state index in [9.17, 15) is 0 Å². The van der Waals surface area contributed by atoms with Gasteiger partial charge in [0.2, 0.25) is 5.95 Å². The van der Waals surface area contributed by atoms with Crippen molar-refractivity contribution in [3.63, 3.8) is 0 Å². The summed E-state index contributed by atoms with van der Waals surface area (Å²) in [4.78, 5) is 8.65. The Labute approximate surface area is 142 Å². The van der Waals surface area contributed by atoms with Gasteiger partial charge in [-0.3, -0.25) is 4.98 Å². The summed E-state index contributed by atoms with van der Waals surface area (Å²) >= 11 is 3.51. The van der Waals surface area contributed by atoms with E-state index in [1.165, 1.54) is 5.56 Å². The fourth-order valence-electron chi connectivity index (χ4n) is 1.93. The molecule has 0 radical (unpaired) electrons. The van der Waals surface area contributed by atoms with Gasteiger partial charge >= 0.3 is 0 Å². The number of nitrogens with zero attached hydrogens (tertiary/aromatic N) is 4. The topological polar surface area (TPSA) is 75.6 Å². The highest BCUT2D eigenvalue weighted by Gasteiger charge is 2.03. The Kier molecular flexibility index (Phi) is 4.77. The lowest BCUT2D eigenvalue weighted by molar-refractivity contribution is 0.955. The number of hydrogen-bond donors (Lipinski definition) is 2. The van der Waals surface area contributed by atoms with Crippen molar-refractivity contribution in [2.45, 2.75) is 13.5 Å². The monoisotopic (exact) mass is 370 g/mol. The van der Waals surface area contributed by atoms with Gasteiger partial charge in [0.15, 0.2) is 5.82 Å². The number of halogens is 1. The van der Waals surface area contributed by atoms with Crippen molar-refractivity contribution in [1.82, 2.24) is 20.2 Å². The minimum Gasteiger partial charge on any atom is -0.363 e. The summed E-state index contributed by atoms with van der Waals surface area (Å²) in [5.74, 6) is 1.08. The SMILES string of the molecule is Cc1ccc(Nc2nncc(NCc3ccccn3)n2)cc1Br. The first kappa shape index (κ1) is 15.4. The number of rotatable bonds is 5. The molecule has 0 aliphatic carbocycles. The van der Waals surface area contributed by atoms with Crippen LogP contribution in [0.5, 0.6) is 0 Å². The zero-order valence-electron chi connectivity index (χ0n) is 12.5. The van der Waals surface area contributed by atoms with E-state index in [2.05, 4.69) is 46.7 Å². The van der Waals surface area contributed by atoms with Crippen LogP contribution in [0.2, 0.25) is 0 Å². The minimum absolute atomic E-state index is 0.437. The summed E-state index contributed by atoms with van der Waals surface area (Å²) in [5, 5.41) is 14.3. The quantitative estimate of drug-likeness (QED) is 0.713. The van der Waals surface area contributed by atoms with Crippen molar-refractivity contribution in [3.05, 3.63) is 64.5 Å². The van der Waals surface area contributed by atoms with Gasteiger partial charge in [0.25, 0.3) is 0 Å². The molecule has 0 aliphatic heterocycles. The molecule has 0 fully saturated rings. The number of anilines is 3. The lowest BCUT2D eigenvalue weighted by Crippen LogP contribution is -2.06. The molecular formula is C16H15BrN6. The molecule has 0 bridgehead atoms. The summed E-state index contributed by atoms with van der Waals surface area (Å²) < 4.78 is 1.03. The second-order valence-corrected chi connectivity index (χ2v) is 5.78.